The fourth-order valence-corrected chi connectivity index (χ4v) is 7.12. The molecule has 0 saturated heterocycles. The second kappa shape index (κ2) is 24.5. The maximum absolute atomic E-state index is 13.2. The summed E-state index contributed by atoms with van der Waals surface area (Å²) in [5, 5.41) is 0. The van der Waals surface area contributed by atoms with Gasteiger partial charge in [0.05, 0.1) is 0 Å². The average molecular weight is 825 g/mol. The zero-order valence-corrected chi connectivity index (χ0v) is 37.8. The van der Waals surface area contributed by atoms with Crippen molar-refractivity contribution in [2.45, 2.75) is 132 Å². The topological polar surface area (TPSA) is 191 Å². The summed E-state index contributed by atoms with van der Waals surface area (Å²) in [6.45, 7) is 20.7. The molecule has 0 heterocycles. The molecule has 60 heavy (non-hydrogen) atoms. The van der Waals surface area contributed by atoms with Crippen LogP contribution in [-0.2, 0) is 28.7 Å². The number of ether oxygens (including phenoxy) is 2. The van der Waals surface area contributed by atoms with E-state index in [2.05, 4.69) is 27.7 Å². The lowest BCUT2D eigenvalue weighted by Crippen LogP contribution is -2.42. The third kappa shape index (κ3) is 16.4. The molecule has 328 valence electrons. The van der Waals surface area contributed by atoms with E-state index in [4.69, 9.17) is 32.4 Å². The predicted octanol–water partition coefficient (Wildman–Crippen LogP) is 8.14. The van der Waals surface area contributed by atoms with Gasteiger partial charge in [-0.05, 0) is 113 Å². The van der Waals surface area contributed by atoms with Crippen LogP contribution in [0.4, 0.5) is 0 Å². The SMILES string of the molecule is CC1=C(/C=C/C(C)=C/C=C/C(C)=C/C=C/C=C(C)/C=C/C=C(C)/C=C/C2=C(C)C(=O)C(OC(=O)C(N)CCCN)CC2(C)C)C(C)(C)CC(OC(=O)C(N)CCCN)C1=O. The van der Waals surface area contributed by atoms with Crippen molar-refractivity contribution in [2.75, 3.05) is 13.1 Å². The quantitative estimate of drug-likeness (QED) is 0.0689. The summed E-state index contributed by atoms with van der Waals surface area (Å²) in [7, 11) is 0. The summed E-state index contributed by atoms with van der Waals surface area (Å²) in [6.07, 6.45) is 29.3. The number of Topliss-reactive ketones (excluding diaryl/α,β-unsaturated/α-hetero) is 2. The highest BCUT2D eigenvalue weighted by Gasteiger charge is 2.41. The first-order valence-corrected chi connectivity index (χ1v) is 21.1. The van der Waals surface area contributed by atoms with Crippen molar-refractivity contribution >= 4 is 23.5 Å². The zero-order chi connectivity index (χ0) is 45.2. The molecule has 0 aromatic rings. The maximum atomic E-state index is 13.2. The van der Waals surface area contributed by atoms with Gasteiger partial charge in [0.15, 0.2) is 23.8 Å². The molecule has 2 aliphatic rings. The van der Waals surface area contributed by atoms with Gasteiger partial charge >= 0.3 is 11.9 Å². The molecule has 2 aliphatic carbocycles. The summed E-state index contributed by atoms with van der Waals surface area (Å²) in [4.78, 5) is 51.3. The van der Waals surface area contributed by atoms with Crippen molar-refractivity contribution in [3.05, 3.63) is 130 Å². The lowest BCUT2D eigenvalue weighted by atomic mass is 9.71. The van der Waals surface area contributed by atoms with Gasteiger partial charge in [-0.15, -0.1) is 0 Å². The van der Waals surface area contributed by atoms with Crippen LogP contribution in [0, 0.1) is 10.8 Å². The van der Waals surface area contributed by atoms with Crippen molar-refractivity contribution in [1.82, 2.24) is 0 Å². The Hall–Kier alpha value is -4.74. The average Bonchev–Trinajstić information content (AvgIpc) is 3.17. The molecule has 0 aliphatic heterocycles. The molecule has 0 aromatic carbocycles. The van der Waals surface area contributed by atoms with E-state index in [1.807, 2.05) is 113 Å². The highest BCUT2D eigenvalue weighted by molar-refractivity contribution is 6.02. The molecule has 0 radical (unpaired) electrons. The first-order valence-electron chi connectivity index (χ1n) is 21.1. The lowest BCUT2D eigenvalue weighted by molar-refractivity contribution is -0.157. The van der Waals surface area contributed by atoms with Gasteiger partial charge in [-0.3, -0.25) is 19.2 Å². The minimum Gasteiger partial charge on any atom is -0.453 e. The Bertz CT molecular complexity index is 1770. The number of rotatable bonds is 20. The van der Waals surface area contributed by atoms with E-state index >= 15 is 0 Å². The number of allylic oxidation sites excluding steroid dienone is 20. The van der Waals surface area contributed by atoms with E-state index in [0.717, 1.165) is 33.4 Å². The number of ketones is 2. The van der Waals surface area contributed by atoms with Gasteiger partial charge in [0.25, 0.3) is 0 Å². The minimum atomic E-state index is -0.845. The van der Waals surface area contributed by atoms with Crippen molar-refractivity contribution in [2.24, 2.45) is 33.8 Å². The van der Waals surface area contributed by atoms with E-state index in [1.54, 1.807) is 13.8 Å². The molecule has 0 bridgehead atoms. The Labute approximate surface area is 359 Å². The van der Waals surface area contributed by atoms with E-state index < -0.39 is 36.2 Å². The Kier molecular flexibility index (Phi) is 21.0. The molecule has 2 rings (SSSR count). The van der Waals surface area contributed by atoms with Crippen LogP contribution in [-0.4, -0.2) is 60.9 Å². The molecule has 8 N–H and O–H groups in total. The number of hydrogen-bond acceptors (Lipinski definition) is 10. The van der Waals surface area contributed by atoms with Crippen LogP contribution >= 0.6 is 0 Å². The van der Waals surface area contributed by atoms with E-state index in [9.17, 15) is 19.2 Å². The summed E-state index contributed by atoms with van der Waals surface area (Å²) in [6, 6.07) is -1.58. The number of esters is 2. The fraction of sp³-hybridized carbons (Fsp3) is 0.480. The minimum absolute atomic E-state index is 0.187. The summed E-state index contributed by atoms with van der Waals surface area (Å²) < 4.78 is 11.1. The standard InChI is InChI=1S/C50H72N4O6/c1-33(19-13-21-35(3)25-27-39-37(5)45(55)43(31-49(39,7)8)59-47(57)41(53)23-15-29-51)17-11-12-18-34(2)20-14-22-36(4)26-28-40-38(6)46(56)44(32-50(40,9)10)60-48(58)42(54)24-16-30-52/h11-14,17-22,25-28,41-44H,15-16,23-24,29-32,51-54H2,1-10H3/b12-11+,19-13+,20-14+,27-25+,28-26+,33-17+,34-18+,35-21+,36-22+. The van der Waals surface area contributed by atoms with Gasteiger partial charge in [-0.25, -0.2) is 0 Å². The van der Waals surface area contributed by atoms with Crippen LogP contribution in [0.2, 0.25) is 0 Å². The van der Waals surface area contributed by atoms with Crippen molar-refractivity contribution in [3.63, 3.8) is 0 Å². The Morgan fingerprint density at radius 2 is 0.917 bits per heavy atom. The number of carbonyl (C=O) groups is 4. The fourth-order valence-electron chi connectivity index (χ4n) is 7.12. The Balaban J connectivity index is 1.98. The van der Waals surface area contributed by atoms with Crippen molar-refractivity contribution in [1.29, 1.82) is 0 Å². The molecule has 4 atom stereocenters. The molecule has 0 saturated carbocycles. The molecule has 0 fully saturated rings. The molecule has 0 amide bonds. The maximum Gasteiger partial charge on any atom is 0.323 e. The van der Waals surface area contributed by atoms with Crippen LogP contribution in [0.5, 0.6) is 0 Å². The number of nitrogens with two attached hydrogens (primary N) is 4. The van der Waals surface area contributed by atoms with Gasteiger partial charge in [-0.1, -0.05) is 135 Å². The monoisotopic (exact) mass is 825 g/mol. The van der Waals surface area contributed by atoms with Gasteiger partial charge in [0.2, 0.25) is 0 Å². The largest absolute Gasteiger partial charge is 0.453 e. The molecular weight excluding hydrogens is 753 g/mol. The number of hydrogen-bond donors (Lipinski definition) is 4. The highest BCUT2D eigenvalue weighted by Crippen LogP contribution is 2.42. The Morgan fingerprint density at radius 1 is 0.600 bits per heavy atom. The summed E-state index contributed by atoms with van der Waals surface area (Å²) in [5.74, 6) is -1.50. The summed E-state index contributed by atoms with van der Waals surface area (Å²) in [5.41, 5.74) is 29.4. The van der Waals surface area contributed by atoms with Crippen LogP contribution < -0.4 is 22.9 Å². The second-order valence-electron chi connectivity index (χ2n) is 17.3. The molecule has 0 spiro atoms. The van der Waals surface area contributed by atoms with E-state index in [1.165, 1.54) is 0 Å². The Morgan fingerprint density at radius 3 is 1.25 bits per heavy atom. The first kappa shape index (κ1) is 51.4. The van der Waals surface area contributed by atoms with Crippen molar-refractivity contribution < 1.29 is 28.7 Å². The lowest BCUT2D eigenvalue weighted by Gasteiger charge is -2.36. The third-order valence-corrected chi connectivity index (χ3v) is 10.8. The van der Waals surface area contributed by atoms with Crippen molar-refractivity contribution in [3.8, 4) is 0 Å². The zero-order valence-electron chi connectivity index (χ0n) is 37.8. The van der Waals surface area contributed by atoms with Crippen LogP contribution in [0.1, 0.15) is 108 Å². The van der Waals surface area contributed by atoms with Crippen LogP contribution in [0.25, 0.3) is 0 Å². The van der Waals surface area contributed by atoms with Crippen LogP contribution in [0.3, 0.4) is 0 Å². The smallest absolute Gasteiger partial charge is 0.323 e. The molecular formula is C50H72N4O6. The molecule has 0 aromatic heterocycles. The van der Waals surface area contributed by atoms with Gasteiger partial charge < -0.3 is 32.4 Å². The van der Waals surface area contributed by atoms with Gasteiger partial charge in [0.1, 0.15) is 12.1 Å². The van der Waals surface area contributed by atoms with Gasteiger partial charge in [0, 0.05) is 12.8 Å². The first-order chi connectivity index (χ1) is 28.1. The van der Waals surface area contributed by atoms with E-state index in [0.29, 0.717) is 62.8 Å². The molecule has 10 nitrogen and oxygen atoms in total. The molecule has 10 heteroatoms. The van der Waals surface area contributed by atoms with Crippen LogP contribution in [0.15, 0.2) is 130 Å². The second-order valence-corrected chi connectivity index (χ2v) is 17.3. The summed E-state index contributed by atoms with van der Waals surface area (Å²) >= 11 is 0. The number of carbonyl (C=O) groups excluding carboxylic acids is 4. The molecule has 4 unspecified atom stereocenters. The predicted molar refractivity (Wildman–Crippen MR) is 245 cm³/mol. The normalized spacial score (nSPS) is 22.0. The highest BCUT2D eigenvalue weighted by atomic mass is 16.6. The van der Waals surface area contributed by atoms with Gasteiger partial charge in [-0.2, -0.15) is 0 Å². The third-order valence-electron chi connectivity index (χ3n) is 10.8. The van der Waals surface area contributed by atoms with E-state index in [-0.39, 0.29) is 22.4 Å².